The molecular weight excluding hydrogens is 301 g/mol. The molecule has 2 atom stereocenters. The first-order valence-corrected chi connectivity index (χ1v) is 8.63. The number of thioether (sulfide) groups is 1. The van der Waals surface area contributed by atoms with Crippen molar-refractivity contribution in [2.24, 2.45) is 7.05 Å². The number of nitrogens with one attached hydrogen (secondary N) is 1. The molecule has 2 unspecified atom stereocenters. The zero-order valence-corrected chi connectivity index (χ0v) is 13.7. The largest absolute Gasteiger partial charge is 0.396 e. The molecule has 2 N–H and O–H groups in total. The number of aliphatic hydroxyl groups excluding tert-OH is 1. The van der Waals surface area contributed by atoms with E-state index in [9.17, 15) is 9.50 Å². The van der Waals surface area contributed by atoms with Crippen molar-refractivity contribution < 1.29 is 9.50 Å². The Labute approximate surface area is 134 Å². The predicted octanol–water partition coefficient (Wildman–Crippen LogP) is 2.35. The summed E-state index contributed by atoms with van der Waals surface area (Å²) in [4.78, 5) is 0. The monoisotopic (exact) mass is 323 g/mol. The highest BCUT2D eigenvalue weighted by Gasteiger charge is 2.20. The van der Waals surface area contributed by atoms with Crippen molar-refractivity contribution in [1.29, 1.82) is 0 Å². The summed E-state index contributed by atoms with van der Waals surface area (Å²) in [6.45, 7) is 0.126. The van der Waals surface area contributed by atoms with Gasteiger partial charge in [-0.2, -0.15) is 16.9 Å². The van der Waals surface area contributed by atoms with Gasteiger partial charge in [-0.05, 0) is 30.4 Å². The van der Waals surface area contributed by atoms with Gasteiger partial charge in [0, 0.05) is 37.2 Å². The fraction of sp³-hybridized carbons (Fsp3) is 0.438. The maximum atomic E-state index is 13.6. The number of benzene rings is 1. The Kier molecular flexibility index (Phi) is 6.42. The van der Waals surface area contributed by atoms with Crippen molar-refractivity contribution in [2.45, 2.75) is 18.5 Å². The van der Waals surface area contributed by atoms with Crippen LogP contribution >= 0.6 is 11.8 Å². The Bertz CT molecular complexity index is 584. The van der Waals surface area contributed by atoms with E-state index in [1.165, 1.54) is 6.07 Å². The minimum atomic E-state index is -0.253. The highest BCUT2D eigenvalue weighted by atomic mass is 32.2. The van der Waals surface area contributed by atoms with Crippen LogP contribution in [0.3, 0.4) is 0 Å². The van der Waals surface area contributed by atoms with Crippen LogP contribution < -0.4 is 5.32 Å². The van der Waals surface area contributed by atoms with Crippen molar-refractivity contribution in [3.63, 3.8) is 0 Å². The zero-order chi connectivity index (χ0) is 15.9. The topological polar surface area (TPSA) is 50.1 Å². The lowest BCUT2D eigenvalue weighted by Gasteiger charge is -2.25. The van der Waals surface area contributed by atoms with Crippen LogP contribution in [0.5, 0.6) is 0 Å². The summed E-state index contributed by atoms with van der Waals surface area (Å²) in [7, 11) is 1.86. The highest BCUT2D eigenvalue weighted by molar-refractivity contribution is 7.98. The molecule has 4 nitrogen and oxygen atoms in total. The van der Waals surface area contributed by atoms with Gasteiger partial charge in [-0.3, -0.25) is 4.68 Å². The molecule has 0 bridgehead atoms. The standard InChI is InChI=1S/C16H22FN3OS/c1-20-10-13(9-18-20)16(12-4-3-5-14(17)8-12)19-15(6-7-21)11-22-2/h3-5,8-10,15-16,19,21H,6-7,11H2,1-2H3. The van der Waals surface area contributed by atoms with Gasteiger partial charge in [0.05, 0.1) is 12.2 Å². The first-order valence-electron chi connectivity index (χ1n) is 7.24. The fourth-order valence-electron chi connectivity index (χ4n) is 2.47. The first kappa shape index (κ1) is 17.0. The summed E-state index contributed by atoms with van der Waals surface area (Å²) in [5.41, 5.74) is 1.84. The average molecular weight is 323 g/mol. The van der Waals surface area contributed by atoms with E-state index in [1.807, 2.05) is 25.6 Å². The van der Waals surface area contributed by atoms with Crippen LogP contribution in [0.15, 0.2) is 36.7 Å². The molecule has 0 amide bonds. The lowest BCUT2D eigenvalue weighted by molar-refractivity contribution is 0.267. The Morgan fingerprint density at radius 2 is 2.23 bits per heavy atom. The van der Waals surface area contributed by atoms with Crippen LogP contribution in [0, 0.1) is 5.82 Å². The maximum Gasteiger partial charge on any atom is 0.123 e. The van der Waals surface area contributed by atoms with Crippen LogP contribution in [0.1, 0.15) is 23.6 Å². The second-order valence-electron chi connectivity index (χ2n) is 5.27. The van der Waals surface area contributed by atoms with Gasteiger partial charge in [0.15, 0.2) is 0 Å². The number of hydrogen-bond donors (Lipinski definition) is 2. The summed E-state index contributed by atoms with van der Waals surface area (Å²) >= 11 is 1.72. The van der Waals surface area contributed by atoms with E-state index in [1.54, 1.807) is 34.8 Å². The van der Waals surface area contributed by atoms with Crippen LogP contribution in [0.25, 0.3) is 0 Å². The molecule has 0 fully saturated rings. The second kappa shape index (κ2) is 8.31. The number of nitrogens with zero attached hydrogens (tertiary/aromatic N) is 2. The van der Waals surface area contributed by atoms with Crippen molar-refractivity contribution >= 4 is 11.8 Å². The molecule has 2 aromatic rings. The van der Waals surface area contributed by atoms with Gasteiger partial charge >= 0.3 is 0 Å². The van der Waals surface area contributed by atoms with Crippen LogP contribution in [0.2, 0.25) is 0 Å². The van der Waals surface area contributed by atoms with Crippen molar-refractivity contribution in [3.05, 3.63) is 53.6 Å². The Balaban J connectivity index is 2.28. The summed E-state index contributed by atoms with van der Waals surface area (Å²) in [6.07, 6.45) is 6.41. The average Bonchev–Trinajstić information content (AvgIpc) is 2.91. The zero-order valence-electron chi connectivity index (χ0n) is 12.9. The van der Waals surface area contributed by atoms with E-state index in [0.717, 1.165) is 16.9 Å². The molecule has 0 radical (unpaired) electrons. The number of hydrogen-bond acceptors (Lipinski definition) is 4. The van der Waals surface area contributed by atoms with Crippen LogP contribution in [-0.4, -0.2) is 39.5 Å². The molecule has 1 heterocycles. The van der Waals surface area contributed by atoms with E-state index in [4.69, 9.17) is 0 Å². The fourth-order valence-corrected chi connectivity index (χ4v) is 3.13. The summed E-state index contributed by atoms with van der Waals surface area (Å²) in [6, 6.07) is 6.60. The Hall–Kier alpha value is -1.37. The lowest BCUT2D eigenvalue weighted by Crippen LogP contribution is -2.36. The summed E-state index contributed by atoms with van der Waals surface area (Å²) < 4.78 is 15.3. The molecule has 1 aromatic carbocycles. The molecular formula is C16H22FN3OS. The van der Waals surface area contributed by atoms with Gasteiger partial charge in [-0.1, -0.05) is 12.1 Å². The van der Waals surface area contributed by atoms with E-state index in [0.29, 0.717) is 6.42 Å². The molecule has 22 heavy (non-hydrogen) atoms. The van der Waals surface area contributed by atoms with E-state index in [-0.39, 0.29) is 24.5 Å². The molecule has 0 aliphatic carbocycles. The van der Waals surface area contributed by atoms with Crippen LogP contribution in [0.4, 0.5) is 4.39 Å². The number of aliphatic hydroxyl groups is 1. The van der Waals surface area contributed by atoms with Gasteiger partial charge in [0.1, 0.15) is 5.82 Å². The highest BCUT2D eigenvalue weighted by Crippen LogP contribution is 2.24. The van der Waals surface area contributed by atoms with E-state index in [2.05, 4.69) is 10.4 Å². The lowest BCUT2D eigenvalue weighted by atomic mass is 10.00. The molecule has 1 aromatic heterocycles. The summed E-state index contributed by atoms with van der Waals surface area (Å²) in [5, 5.41) is 17.0. The Morgan fingerprint density at radius 1 is 1.41 bits per heavy atom. The predicted molar refractivity (Wildman–Crippen MR) is 88.5 cm³/mol. The van der Waals surface area contributed by atoms with Crippen molar-refractivity contribution in [2.75, 3.05) is 18.6 Å². The molecule has 0 spiro atoms. The van der Waals surface area contributed by atoms with Crippen molar-refractivity contribution in [3.8, 4) is 0 Å². The molecule has 0 aliphatic heterocycles. The molecule has 6 heteroatoms. The maximum absolute atomic E-state index is 13.6. The minimum absolute atomic E-state index is 0.126. The smallest absolute Gasteiger partial charge is 0.123 e. The van der Waals surface area contributed by atoms with E-state index >= 15 is 0 Å². The molecule has 0 saturated carbocycles. The molecule has 0 saturated heterocycles. The SMILES string of the molecule is CSCC(CCO)NC(c1cccc(F)c1)c1cnn(C)c1. The van der Waals surface area contributed by atoms with Gasteiger partial charge in [0.25, 0.3) is 0 Å². The third-order valence-corrected chi connectivity index (χ3v) is 4.22. The normalized spacial score (nSPS) is 14.0. The quantitative estimate of drug-likeness (QED) is 0.783. The van der Waals surface area contributed by atoms with Crippen molar-refractivity contribution in [1.82, 2.24) is 15.1 Å². The second-order valence-corrected chi connectivity index (χ2v) is 6.18. The van der Waals surface area contributed by atoms with Gasteiger partial charge in [0.2, 0.25) is 0 Å². The van der Waals surface area contributed by atoms with E-state index < -0.39 is 0 Å². The first-order chi connectivity index (χ1) is 10.6. The third-order valence-electron chi connectivity index (χ3n) is 3.49. The molecule has 120 valence electrons. The van der Waals surface area contributed by atoms with Gasteiger partial charge in [-0.15, -0.1) is 0 Å². The number of aromatic nitrogens is 2. The van der Waals surface area contributed by atoms with Gasteiger partial charge in [-0.25, -0.2) is 4.39 Å². The number of rotatable bonds is 8. The summed E-state index contributed by atoms with van der Waals surface area (Å²) in [5.74, 6) is 0.629. The number of halogens is 1. The Morgan fingerprint density at radius 3 is 2.82 bits per heavy atom. The molecule has 2 rings (SSSR count). The van der Waals surface area contributed by atoms with Crippen LogP contribution in [-0.2, 0) is 7.05 Å². The third kappa shape index (κ3) is 4.56. The number of aryl methyl sites for hydroxylation is 1. The van der Waals surface area contributed by atoms with Gasteiger partial charge < -0.3 is 10.4 Å². The molecule has 0 aliphatic rings. The minimum Gasteiger partial charge on any atom is -0.396 e.